The van der Waals surface area contributed by atoms with Crippen LogP contribution in [0.2, 0.25) is 0 Å². The lowest BCUT2D eigenvalue weighted by Crippen LogP contribution is -2.57. The Hall–Kier alpha value is -2.40. The van der Waals surface area contributed by atoms with Crippen LogP contribution in [-0.4, -0.2) is 84.8 Å². The van der Waals surface area contributed by atoms with Gasteiger partial charge in [-0.3, -0.25) is 9.79 Å². The van der Waals surface area contributed by atoms with E-state index >= 15 is 0 Å². The molecular formula is C33H57N5O3S2. The van der Waals surface area contributed by atoms with Crippen LogP contribution in [-0.2, 0) is 11.3 Å². The zero-order valence-corrected chi connectivity index (χ0v) is 29.9. The lowest BCUT2D eigenvalue weighted by molar-refractivity contribution is 0.0242. The van der Waals surface area contributed by atoms with Crippen molar-refractivity contribution in [2.24, 2.45) is 10.9 Å². The molecule has 2 aromatic heterocycles. The third-order valence-electron chi connectivity index (χ3n) is 6.85. The van der Waals surface area contributed by atoms with Crippen LogP contribution in [0.4, 0.5) is 4.79 Å². The van der Waals surface area contributed by atoms with Crippen molar-refractivity contribution in [3.8, 4) is 0 Å². The Bertz CT molecular complexity index is 1050. The highest BCUT2D eigenvalue weighted by Gasteiger charge is 2.38. The predicted molar refractivity (Wildman–Crippen MR) is 186 cm³/mol. The normalized spacial score (nSPS) is 19.6. The number of urea groups is 1. The summed E-state index contributed by atoms with van der Waals surface area (Å²) in [6.07, 6.45) is 4.79. The Morgan fingerprint density at radius 2 is 1.84 bits per heavy atom. The number of ether oxygens (including phenoxy) is 1. The average molecular weight is 636 g/mol. The fourth-order valence-electron chi connectivity index (χ4n) is 4.87. The van der Waals surface area contributed by atoms with Crippen molar-refractivity contribution in [1.29, 1.82) is 0 Å². The number of likely N-dealkylation sites (tertiary alicyclic amines) is 1. The number of morpholine rings is 1. The Labute approximate surface area is 269 Å². The molecule has 3 unspecified atom stereocenters. The van der Waals surface area contributed by atoms with Crippen LogP contribution in [0.3, 0.4) is 0 Å². The molecule has 2 saturated heterocycles. The first-order chi connectivity index (χ1) is 20.7. The number of rotatable bonds is 6. The number of Topliss-reactive ketones (excluding diaryl/α,β-unsaturated/α-hetero) is 1. The standard InChI is InChI=1S/C17H29N3O2.C7H11NS.C5H5NOS.2C2H6/c1-5-15-12-14(16(6-2)18-4)11-13(3)20(15)17(21)19-7-9-22-10-8-19;1-6-3-4-7(9-6)5-8-2;1-4(7)5-2-8-3-6-5;2*1-2/h6,13-15H,2,5,7-12H2,1,3-4H3;3-4,8H,5H2,1-2H3;2-3H,1H3;2*1-2H3. The molecule has 10 heteroatoms. The number of aryl methyl sites for hydroxylation is 1. The number of nitrogens with zero attached hydrogens (tertiary/aromatic N) is 4. The topological polar surface area (TPSA) is 87.1 Å². The number of hydrogen-bond donors (Lipinski definition) is 1. The van der Waals surface area contributed by atoms with Gasteiger partial charge in [0.05, 0.1) is 18.7 Å². The molecule has 244 valence electrons. The highest BCUT2D eigenvalue weighted by molar-refractivity contribution is 7.11. The van der Waals surface area contributed by atoms with Gasteiger partial charge < -0.3 is 19.9 Å². The van der Waals surface area contributed by atoms with E-state index < -0.39 is 0 Å². The van der Waals surface area contributed by atoms with Crippen molar-refractivity contribution >= 4 is 40.2 Å². The molecule has 2 fully saturated rings. The fraction of sp³-hybridized carbons (Fsp3) is 0.636. The minimum atomic E-state index is 0.0336. The molecule has 0 bridgehead atoms. The van der Waals surface area contributed by atoms with Crippen LogP contribution in [0.25, 0.3) is 0 Å². The second kappa shape index (κ2) is 24.0. The SMILES string of the molecule is C=CC(=NC)C1CC(C)N(C(=O)N2CCOCC2)C(CC)C1.CC.CC.CC(=O)c1cscn1.CNCc1ccc(C)s1. The molecule has 4 rings (SSSR count). The predicted octanol–water partition coefficient (Wildman–Crippen LogP) is 7.75. The zero-order chi connectivity index (χ0) is 32.8. The van der Waals surface area contributed by atoms with Gasteiger partial charge in [0.1, 0.15) is 5.69 Å². The van der Waals surface area contributed by atoms with Gasteiger partial charge in [-0.25, -0.2) is 9.78 Å². The van der Waals surface area contributed by atoms with E-state index in [4.69, 9.17) is 4.74 Å². The molecule has 0 aliphatic carbocycles. The molecule has 0 spiro atoms. The van der Waals surface area contributed by atoms with E-state index in [1.807, 2.05) is 64.1 Å². The van der Waals surface area contributed by atoms with Gasteiger partial charge >= 0.3 is 6.03 Å². The van der Waals surface area contributed by atoms with Crippen molar-refractivity contribution in [3.05, 3.63) is 51.1 Å². The molecule has 0 saturated carbocycles. The smallest absolute Gasteiger partial charge is 0.320 e. The van der Waals surface area contributed by atoms with Crippen molar-refractivity contribution in [1.82, 2.24) is 20.1 Å². The molecule has 3 atom stereocenters. The second-order valence-corrected chi connectivity index (χ2v) is 11.8. The lowest BCUT2D eigenvalue weighted by Gasteiger charge is -2.46. The summed E-state index contributed by atoms with van der Waals surface area (Å²) in [5.41, 5.74) is 3.29. The number of nitrogens with one attached hydrogen (secondary N) is 1. The number of allylic oxidation sites excluding steroid dienone is 1. The lowest BCUT2D eigenvalue weighted by atomic mass is 9.82. The fourth-order valence-corrected chi connectivity index (χ4v) is 6.37. The number of amides is 2. The summed E-state index contributed by atoms with van der Waals surface area (Å²) in [5.74, 6) is 0.447. The van der Waals surface area contributed by atoms with E-state index in [0.717, 1.165) is 31.5 Å². The maximum absolute atomic E-state index is 12.9. The second-order valence-electron chi connectivity index (χ2n) is 9.69. The van der Waals surface area contributed by atoms with Crippen LogP contribution in [0.15, 0.2) is 40.7 Å². The number of piperidine rings is 1. The summed E-state index contributed by atoms with van der Waals surface area (Å²) >= 11 is 3.29. The van der Waals surface area contributed by atoms with Gasteiger partial charge in [-0.05, 0) is 58.4 Å². The van der Waals surface area contributed by atoms with Crippen LogP contribution in [0.5, 0.6) is 0 Å². The monoisotopic (exact) mass is 635 g/mol. The Morgan fingerprint density at radius 3 is 2.26 bits per heavy atom. The summed E-state index contributed by atoms with van der Waals surface area (Å²) in [6, 6.07) is 5.00. The molecule has 0 radical (unpaired) electrons. The minimum absolute atomic E-state index is 0.0336. The molecule has 2 aliphatic rings. The molecule has 0 aromatic carbocycles. The number of aliphatic imine (C=N–C) groups is 1. The highest BCUT2D eigenvalue weighted by Crippen LogP contribution is 2.32. The molecular weight excluding hydrogens is 579 g/mol. The maximum Gasteiger partial charge on any atom is 0.320 e. The van der Waals surface area contributed by atoms with Gasteiger partial charge in [0, 0.05) is 72.5 Å². The molecule has 1 N–H and O–H groups in total. The number of aromatic nitrogens is 1. The quantitative estimate of drug-likeness (QED) is 0.259. The van der Waals surface area contributed by atoms with Crippen molar-refractivity contribution in [2.75, 3.05) is 40.4 Å². The number of carbonyl (C=O) groups excluding carboxylic acids is 2. The van der Waals surface area contributed by atoms with Crippen molar-refractivity contribution in [3.63, 3.8) is 0 Å². The van der Waals surface area contributed by atoms with E-state index in [0.29, 0.717) is 37.9 Å². The maximum atomic E-state index is 12.9. The van der Waals surface area contributed by atoms with E-state index in [-0.39, 0.29) is 23.9 Å². The highest BCUT2D eigenvalue weighted by atomic mass is 32.1. The van der Waals surface area contributed by atoms with E-state index in [9.17, 15) is 9.59 Å². The number of hydrogen-bond acceptors (Lipinski definition) is 8. The first-order valence-corrected chi connectivity index (χ1v) is 17.3. The average Bonchev–Trinajstić information content (AvgIpc) is 3.73. The Kier molecular flexibility index (Phi) is 22.6. The summed E-state index contributed by atoms with van der Waals surface area (Å²) in [6.45, 7) is 23.5. The molecule has 2 amide bonds. The first-order valence-electron chi connectivity index (χ1n) is 15.6. The molecule has 43 heavy (non-hydrogen) atoms. The minimum Gasteiger partial charge on any atom is -0.378 e. The van der Waals surface area contributed by atoms with Gasteiger partial charge in [0.15, 0.2) is 5.78 Å². The first kappa shape index (κ1) is 40.6. The van der Waals surface area contributed by atoms with Crippen molar-refractivity contribution < 1.29 is 14.3 Å². The zero-order valence-electron chi connectivity index (χ0n) is 28.3. The van der Waals surface area contributed by atoms with Gasteiger partial charge in [-0.15, -0.1) is 22.7 Å². The molecule has 2 aliphatic heterocycles. The number of carbonyl (C=O) groups is 2. The Morgan fingerprint density at radius 1 is 1.19 bits per heavy atom. The summed E-state index contributed by atoms with van der Waals surface area (Å²) in [7, 11) is 3.79. The molecule has 2 aromatic rings. The number of thiazole rings is 1. The summed E-state index contributed by atoms with van der Waals surface area (Å²) in [4.78, 5) is 38.3. The third-order valence-corrected chi connectivity index (χ3v) is 8.44. The van der Waals surface area contributed by atoms with E-state index in [1.54, 1.807) is 10.9 Å². The molecule has 8 nitrogen and oxygen atoms in total. The number of ketones is 1. The summed E-state index contributed by atoms with van der Waals surface area (Å²) < 4.78 is 5.36. The van der Waals surface area contributed by atoms with Gasteiger partial charge in [-0.2, -0.15) is 0 Å². The largest absolute Gasteiger partial charge is 0.378 e. The van der Waals surface area contributed by atoms with Crippen LogP contribution >= 0.6 is 22.7 Å². The Balaban J connectivity index is 0.000000688. The third kappa shape index (κ3) is 14.3. The van der Waals surface area contributed by atoms with Gasteiger partial charge in [0.25, 0.3) is 0 Å². The molecule has 4 heterocycles. The van der Waals surface area contributed by atoms with Gasteiger partial charge in [0.2, 0.25) is 0 Å². The van der Waals surface area contributed by atoms with Crippen LogP contribution in [0.1, 0.15) is 88.0 Å². The van der Waals surface area contributed by atoms with Crippen LogP contribution < -0.4 is 5.32 Å². The van der Waals surface area contributed by atoms with E-state index in [2.05, 4.69) is 59.7 Å². The number of thiophene rings is 1. The summed E-state index contributed by atoms with van der Waals surface area (Å²) in [5, 5.41) is 4.85. The van der Waals surface area contributed by atoms with Crippen molar-refractivity contribution in [2.45, 2.75) is 93.3 Å². The van der Waals surface area contributed by atoms with E-state index in [1.165, 1.54) is 28.0 Å². The van der Waals surface area contributed by atoms with Crippen LogP contribution in [0, 0.1) is 12.8 Å². The van der Waals surface area contributed by atoms with Gasteiger partial charge in [-0.1, -0.05) is 41.2 Å².